The summed E-state index contributed by atoms with van der Waals surface area (Å²) in [4.78, 5) is 27.3. The van der Waals surface area contributed by atoms with Gasteiger partial charge in [0.15, 0.2) is 0 Å². The van der Waals surface area contributed by atoms with E-state index in [9.17, 15) is 9.59 Å². The number of rotatable bonds is 12. The van der Waals surface area contributed by atoms with Crippen molar-refractivity contribution in [2.75, 3.05) is 13.2 Å². The fraction of sp³-hybridized carbons (Fsp3) is 0.611. The molecule has 0 radical (unpaired) electrons. The maximum atomic E-state index is 13.6. The lowest BCUT2D eigenvalue weighted by molar-refractivity contribution is 0.0476. The molecular weight excluding hydrogens is 496 g/mol. The zero-order valence-electron chi connectivity index (χ0n) is 25.9. The first-order valence-corrected chi connectivity index (χ1v) is 16.2. The maximum absolute atomic E-state index is 13.6. The topological polar surface area (TPSA) is 52.6 Å². The minimum absolute atomic E-state index is 0.281. The van der Waals surface area contributed by atoms with E-state index in [-0.39, 0.29) is 25.2 Å². The van der Waals surface area contributed by atoms with Crippen LogP contribution in [0.4, 0.5) is 0 Å². The molecule has 2 aliphatic rings. The third-order valence-corrected chi connectivity index (χ3v) is 8.90. The quantitative estimate of drug-likeness (QED) is 0.215. The largest absolute Gasteiger partial charge is 0.462 e. The summed E-state index contributed by atoms with van der Waals surface area (Å²) in [6.45, 7) is 13.1. The van der Waals surface area contributed by atoms with Crippen molar-refractivity contribution in [2.45, 2.75) is 131 Å². The molecule has 0 fully saturated rings. The van der Waals surface area contributed by atoms with Crippen LogP contribution in [-0.2, 0) is 60.8 Å². The van der Waals surface area contributed by atoms with Gasteiger partial charge in [0, 0.05) is 0 Å². The Labute approximate surface area is 242 Å². The molecule has 218 valence electrons. The Hall–Kier alpha value is -2.62. The summed E-state index contributed by atoms with van der Waals surface area (Å²) in [5.41, 5.74) is 15.0. The van der Waals surface area contributed by atoms with Crippen LogP contribution in [0.15, 0.2) is 0 Å². The number of benzene rings is 2. The summed E-state index contributed by atoms with van der Waals surface area (Å²) < 4.78 is 11.2. The van der Waals surface area contributed by atoms with Crippen LogP contribution in [0.25, 0.3) is 0 Å². The van der Waals surface area contributed by atoms with E-state index in [1.54, 1.807) is 22.3 Å². The van der Waals surface area contributed by atoms with Gasteiger partial charge in [-0.15, -0.1) is 0 Å². The second-order valence-electron chi connectivity index (χ2n) is 11.5. The monoisotopic (exact) mass is 546 g/mol. The van der Waals surface area contributed by atoms with Gasteiger partial charge < -0.3 is 9.47 Å². The second kappa shape index (κ2) is 13.8. The first-order chi connectivity index (χ1) is 19.5. The molecule has 0 saturated heterocycles. The van der Waals surface area contributed by atoms with E-state index in [0.29, 0.717) is 11.1 Å². The highest BCUT2D eigenvalue weighted by molar-refractivity contribution is 6.06. The van der Waals surface area contributed by atoms with Gasteiger partial charge in [0.05, 0.1) is 24.3 Å². The molecule has 40 heavy (non-hydrogen) atoms. The lowest BCUT2D eigenvalue weighted by Crippen LogP contribution is -2.27. The van der Waals surface area contributed by atoms with Crippen LogP contribution in [0.2, 0.25) is 0 Å². The smallest absolute Gasteiger partial charge is 0.339 e. The Balaban J connectivity index is 2.09. The van der Waals surface area contributed by atoms with Gasteiger partial charge in [-0.3, -0.25) is 0 Å². The third-order valence-electron chi connectivity index (χ3n) is 8.90. The van der Waals surface area contributed by atoms with Crippen LogP contribution in [0.5, 0.6) is 0 Å². The summed E-state index contributed by atoms with van der Waals surface area (Å²) in [5, 5.41) is 0. The Bertz CT molecular complexity index is 1160. The predicted molar refractivity (Wildman–Crippen MR) is 163 cm³/mol. The van der Waals surface area contributed by atoms with E-state index in [1.165, 1.54) is 47.9 Å². The number of carbonyl (C=O) groups excluding carboxylic acids is 2. The first kappa shape index (κ1) is 30.3. The highest BCUT2D eigenvalue weighted by Gasteiger charge is 2.35. The molecule has 0 aliphatic heterocycles. The summed E-state index contributed by atoms with van der Waals surface area (Å²) in [5.74, 6) is -0.767. The molecule has 0 N–H and O–H groups in total. The molecule has 4 nitrogen and oxygen atoms in total. The second-order valence-corrected chi connectivity index (χ2v) is 11.5. The zero-order chi connectivity index (χ0) is 28.8. The van der Waals surface area contributed by atoms with Gasteiger partial charge in [-0.1, -0.05) is 53.4 Å². The summed E-state index contributed by atoms with van der Waals surface area (Å²) >= 11 is 0. The van der Waals surface area contributed by atoms with E-state index in [2.05, 4.69) is 27.7 Å². The minimum atomic E-state index is -0.383. The standard InChI is InChI=1S/C36H50O4/c1-7-15-23-25-19-13-14-20-26(25)24(16-8-2)30-22-32-28(18-10-4)34(36(38)40-12-6)33(35(37)39-11-5)27(17-9-3)31(32)21-29(23)30/h7-22H2,1-6H3. The number of ether oxygens (including phenoxy) is 2. The highest BCUT2D eigenvalue weighted by atomic mass is 16.5. The molecule has 0 heterocycles. The van der Waals surface area contributed by atoms with Crippen molar-refractivity contribution in [1.29, 1.82) is 0 Å². The van der Waals surface area contributed by atoms with E-state index < -0.39 is 0 Å². The molecule has 2 aromatic rings. The van der Waals surface area contributed by atoms with Crippen molar-refractivity contribution in [1.82, 2.24) is 0 Å². The van der Waals surface area contributed by atoms with Gasteiger partial charge >= 0.3 is 11.9 Å². The summed E-state index contributed by atoms with van der Waals surface area (Å²) in [6.07, 6.45) is 14.5. The Morgan fingerprint density at radius 1 is 0.500 bits per heavy atom. The summed E-state index contributed by atoms with van der Waals surface area (Å²) in [6, 6.07) is 0. The van der Waals surface area contributed by atoms with Gasteiger partial charge in [-0.2, -0.15) is 0 Å². The van der Waals surface area contributed by atoms with Crippen LogP contribution in [-0.4, -0.2) is 25.2 Å². The van der Waals surface area contributed by atoms with Crippen molar-refractivity contribution in [3.05, 3.63) is 66.8 Å². The molecule has 0 atom stereocenters. The molecule has 0 unspecified atom stereocenters. The zero-order valence-corrected chi connectivity index (χ0v) is 25.9. The average molecular weight is 547 g/mol. The molecular formula is C36H50O4. The van der Waals surface area contributed by atoms with Crippen molar-refractivity contribution >= 4 is 11.9 Å². The van der Waals surface area contributed by atoms with Crippen molar-refractivity contribution in [3.8, 4) is 0 Å². The number of hydrogen-bond acceptors (Lipinski definition) is 4. The fourth-order valence-corrected chi connectivity index (χ4v) is 7.49. The number of esters is 2. The normalized spacial score (nSPS) is 13.8. The maximum Gasteiger partial charge on any atom is 0.339 e. The van der Waals surface area contributed by atoms with Crippen LogP contribution in [0.3, 0.4) is 0 Å². The Kier molecular flexibility index (Phi) is 10.5. The van der Waals surface area contributed by atoms with E-state index >= 15 is 0 Å². The lowest BCUT2D eigenvalue weighted by Gasteiger charge is -2.35. The van der Waals surface area contributed by atoms with E-state index in [0.717, 1.165) is 75.3 Å². The SMILES string of the molecule is CCCc1c2c(c(CCC)c3c1Cc1c(c(CCC)c(C(=O)OCC)c(C(=O)OCC)c1CCC)C3)CCCC2. The lowest BCUT2D eigenvalue weighted by atomic mass is 9.69. The van der Waals surface area contributed by atoms with Crippen molar-refractivity contribution in [3.63, 3.8) is 0 Å². The fourth-order valence-electron chi connectivity index (χ4n) is 7.49. The van der Waals surface area contributed by atoms with E-state index in [4.69, 9.17) is 9.47 Å². The van der Waals surface area contributed by atoms with Gasteiger partial charge in [0.25, 0.3) is 0 Å². The molecule has 0 aromatic heterocycles. The molecule has 0 bridgehead atoms. The van der Waals surface area contributed by atoms with Gasteiger partial charge in [-0.05, 0) is 134 Å². The van der Waals surface area contributed by atoms with Gasteiger partial charge in [0.1, 0.15) is 0 Å². The number of hydrogen-bond donors (Lipinski definition) is 0. The average Bonchev–Trinajstić information content (AvgIpc) is 2.95. The molecule has 4 rings (SSSR count). The van der Waals surface area contributed by atoms with Crippen molar-refractivity contribution < 1.29 is 19.1 Å². The van der Waals surface area contributed by atoms with E-state index in [1.807, 2.05) is 13.8 Å². The Morgan fingerprint density at radius 3 is 1.15 bits per heavy atom. The highest BCUT2D eigenvalue weighted by Crippen LogP contribution is 2.44. The molecule has 2 aliphatic carbocycles. The van der Waals surface area contributed by atoms with Crippen molar-refractivity contribution in [2.24, 2.45) is 0 Å². The number of carbonyl (C=O) groups is 2. The van der Waals surface area contributed by atoms with Crippen LogP contribution >= 0.6 is 0 Å². The van der Waals surface area contributed by atoms with Crippen LogP contribution in [0.1, 0.15) is 156 Å². The van der Waals surface area contributed by atoms with Gasteiger partial charge in [0.2, 0.25) is 0 Å². The van der Waals surface area contributed by atoms with Crippen LogP contribution in [0, 0.1) is 0 Å². The molecule has 4 heteroatoms. The third kappa shape index (κ3) is 5.60. The Morgan fingerprint density at radius 2 is 0.825 bits per heavy atom. The predicted octanol–water partition coefficient (Wildman–Crippen LogP) is 8.22. The number of fused-ring (bicyclic) bond motifs is 3. The molecule has 0 spiro atoms. The molecule has 2 aromatic carbocycles. The first-order valence-electron chi connectivity index (χ1n) is 16.2. The minimum Gasteiger partial charge on any atom is -0.462 e. The molecule has 0 saturated carbocycles. The molecule has 0 amide bonds. The summed E-state index contributed by atoms with van der Waals surface area (Å²) in [7, 11) is 0. The van der Waals surface area contributed by atoms with Crippen LogP contribution < -0.4 is 0 Å². The van der Waals surface area contributed by atoms with Gasteiger partial charge in [-0.25, -0.2) is 9.59 Å².